The maximum Gasteiger partial charge on any atom is 0.413 e. The Bertz CT molecular complexity index is 1290. The molecular weight excluding hydrogens is 485 g/mol. The summed E-state index contributed by atoms with van der Waals surface area (Å²) in [6.45, 7) is 0.709. The Morgan fingerprint density at radius 1 is 1.29 bits per heavy atom. The van der Waals surface area contributed by atoms with Gasteiger partial charge < -0.3 is 15.1 Å². The lowest BCUT2D eigenvalue weighted by molar-refractivity contribution is -0.190. The Morgan fingerprint density at radius 2 is 2.03 bits per heavy atom. The van der Waals surface area contributed by atoms with Gasteiger partial charge in [0.15, 0.2) is 16.8 Å². The van der Waals surface area contributed by atoms with Gasteiger partial charge in [-0.3, -0.25) is 9.59 Å². The second-order valence-electron chi connectivity index (χ2n) is 8.77. The maximum atomic E-state index is 14.1. The van der Waals surface area contributed by atoms with Crippen molar-refractivity contribution in [3.63, 3.8) is 0 Å². The van der Waals surface area contributed by atoms with Crippen molar-refractivity contribution in [1.82, 2.24) is 24.8 Å². The average molecular weight is 507 g/mol. The molecule has 1 N–H and O–H groups in total. The molecule has 2 atom stereocenters. The lowest BCUT2D eigenvalue weighted by Crippen LogP contribution is -2.43. The number of anilines is 2. The molecule has 2 amide bonds. The summed E-state index contributed by atoms with van der Waals surface area (Å²) in [5, 5.41) is 7.13. The molecule has 1 fully saturated rings. The summed E-state index contributed by atoms with van der Waals surface area (Å²) in [5.74, 6) is -1.86. The van der Waals surface area contributed by atoms with E-state index in [2.05, 4.69) is 15.4 Å². The highest BCUT2D eigenvalue weighted by molar-refractivity contribution is 6.29. The van der Waals surface area contributed by atoms with Gasteiger partial charge in [0.25, 0.3) is 0 Å². The van der Waals surface area contributed by atoms with Crippen molar-refractivity contribution in [1.29, 1.82) is 0 Å². The predicted octanol–water partition coefficient (Wildman–Crippen LogP) is 3.66. The molecule has 5 rings (SSSR count). The van der Waals surface area contributed by atoms with Crippen molar-refractivity contribution in [3.8, 4) is 0 Å². The van der Waals surface area contributed by atoms with Crippen molar-refractivity contribution in [3.05, 3.63) is 52.9 Å². The van der Waals surface area contributed by atoms with E-state index in [1.54, 1.807) is 28.9 Å². The lowest BCUT2D eigenvalue weighted by Gasteiger charge is -2.33. The summed E-state index contributed by atoms with van der Waals surface area (Å²) in [4.78, 5) is 31.2. The highest BCUT2D eigenvalue weighted by Crippen LogP contribution is 2.40. The number of fused-ring (bicyclic) bond motifs is 3. The van der Waals surface area contributed by atoms with Gasteiger partial charge in [-0.05, 0) is 30.5 Å². The van der Waals surface area contributed by atoms with Gasteiger partial charge >= 0.3 is 6.18 Å². The summed E-state index contributed by atoms with van der Waals surface area (Å²) in [6, 6.07) is 5.55. The van der Waals surface area contributed by atoms with Gasteiger partial charge in [0.1, 0.15) is 0 Å². The van der Waals surface area contributed by atoms with Crippen LogP contribution in [-0.4, -0.2) is 57.6 Å². The Balaban J connectivity index is 1.44. The monoisotopic (exact) mass is 506 g/mol. The zero-order valence-electron chi connectivity index (χ0n) is 18.7. The van der Waals surface area contributed by atoms with Gasteiger partial charge in [-0.2, -0.15) is 18.3 Å². The van der Waals surface area contributed by atoms with Crippen LogP contribution in [0, 0.1) is 5.92 Å². The molecule has 1 aromatic carbocycles. The molecule has 8 nitrogen and oxygen atoms in total. The Labute approximate surface area is 203 Å². The van der Waals surface area contributed by atoms with Gasteiger partial charge in [-0.1, -0.05) is 23.7 Å². The summed E-state index contributed by atoms with van der Waals surface area (Å²) in [7, 11) is 1.13. The Morgan fingerprint density at radius 3 is 2.69 bits per heavy atom. The first-order chi connectivity index (χ1) is 16.6. The van der Waals surface area contributed by atoms with Gasteiger partial charge in [0, 0.05) is 38.3 Å². The van der Waals surface area contributed by atoms with Crippen molar-refractivity contribution >= 4 is 40.4 Å². The maximum absolute atomic E-state index is 14.1. The fourth-order valence-corrected chi connectivity index (χ4v) is 5.03. The molecule has 12 heteroatoms. The fourth-order valence-electron chi connectivity index (χ4n) is 4.86. The van der Waals surface area contributed by atoms with E-state index < -0.39 is 24.0 Å². The summed E-state index contributed by atoms with van der Waals surface area (Å²) in [5.41, 5.74) is 3.02. The molecule has 3 aromatic rings. The molecule has 2 aromatic heterocycles. The normalized spacial score (nSPS) is 18.9. The van der Waals surface area contributed by atoms with Crippen LogP contribution >= 0.6 is 11.6 Å². The number of hydrogen-bond acceptors (Lipinski definition) is 5. The number of nitrogens with zero attached hydrogens (tertiary/aromatic N) is 5. The number of carbonyl (C=O) groups excluding carboxylic acids is 2. The van der Waals surface area contributed by atoms with Gasteiger partial charge in [0.2, 0.25) is 11.8 Å². The number of benzene rings is 1. The number of alkyl halides is 3. The minimum absolute atomic E-state index is 0.0443. The van der Waals surface area contributed by atoms with E-state index in [1.807, 2.05) is 4.90 Å². The highest BCUT2D eigenvalue weighted by Gasteiger charge is 2.47. The topological polar surface area (TPSA) is 82.8 Å². The van der Waals surface area contributed by atoms with Crippen LogP contribution < -0.4 is 10.2 Å². The molecule has 0 bridgehead atoms. The zero-order valence-corrected chi connectivity index (χ0v) is 19.5. The average Bonchev–Trinajstić information content (AvgIpc) is 3.42. The van der Waals surface area contributed by atoms with Gasteiger partial charge in [-0.15, -0.1) is 0 Å². The molecule has 2 aliphatic heterocycles. The van der Waals surface area contributed by atoms with Crippen molar-refractivity contribution in [2.24, 2.45) is 5.92 Å². The summed E-state index contributed by atoms with van der Waals surface area (Å²) < 4.78 is 43.9. The van der Waals surface area contributed by atoms with Crippen LogP contribution in [0.15, 0.2) is 36.5 Å². The predicted molar refractivity (Wildman–Crippen MR) is 122 cm³/mol. The van der Waals surface area contributed by atoms with Crippen LogP contribution in [0.1, 0.15) is 30.1 Å². The van der Waals surface area contributed by atoms with Crippen LogP contribution in [0.3, 0.4) is 0 Å². The van der Waals surface area contributed by atoms with Gasteiger partial charge in [-0.25, -0.2) is 9.50 Å². The third-order valence-electron chi connectivity index (χ3n) is 6.51. The molecule has 1 unspecified atom stereocenters. The van der Waals surface area contributed by atoms with E-state index in [-0.39, 0.29) is 24.4 Å². The third kappa shape index (κ3) is 4.29. The molecule has 1 saturated heterocycles. The lowest BCUT2D eigenvalue weighted by atomic mass is 10.0. The molecule has 2 aliphatic rings. The van der Waals surface area contributed by atoms with Crippen LogP contribution in [0.2, 0.25) is 5.15 Å². The number of nitrogens with one attached hydrogen (secondary N) is 1. The van der Waals surface area contributed by atoms with E-state index in [0.29, 0.717) is 27.9 Å². The first-order valence-corrected chi connectivity index (χ1v) is 11.5. The number of aryl methyl sites for hydroxylation is 1. The van der Waals surface area contributed by atoms with Gasteiger partial charge in [0.05, 0.1) is 23.5 Å². The summed E-state index contributed by atoms with van der Waals surface area (Å²) >= 11 is 6.03. The molecule has 0 radical (unpaired) electrons. The number of aromatic nitrogens is 3. The zero-order chi connectivity index (χ0) is 24.9. The standard InChI is InChI=1S/C23H22ClF3N6O2/c1-31(22(35)14-9-20(34)29-11-14)21(23(25,26)27)13-4-6-15(7-5-13)32-8-2-3-16-17(32)12-28-19-10-18(24)30-33(16)19/h4-7,10,12,14,21H,2-3,8-9,11H2,1H3,(H,29,34)/t14?,21-/m0/s1. The number of halogens is 4. The number of rotatable bonds is 4. The van der Waals surface area contributed by atoms with E-state index >= 15 is 0 Å². The molecule has 0 spiro atoms. The summed E-state index contributed by atoms with van der Waals surface area (Å²) in [6.07, 6.45) is -1.49. The number of amides is 2. The van der Waals surface area contributed by atoms with Crippen molar-refractivity contribution in [2.45, 2.75) is 31.5 Å². The molecule has 35 heavy (non-hydrogen) atoms. The van der Waals surface area contributed by atoms with E-state index in [9.17, 15) is 22.8 Å². The van der Waals surface area contributed by atoms with Crippen LogP contribution in [0.5, 0.6) is 0 Å². The Kier molecular flexibility index (Phi) is 5.82. The molecule has 4 heterocycles. The molecule has 184 valence electrons. The SMILES string of the molecule is CN(C(=O)C1CNC(=O)C1)[C@@H](c1ccc(N2CCCc3c2cnc2cc(Cl)nn32)cc1)C(F)(F)F. The largest absolute Gasteiger partial charge is 0.413 e. The quantitative estimate of drug-likeness (QED) is 0.584. The van der Waals surface area contributed by atoms with E-state index in [1.165, 1.54) is 12.1 Å². The van der Waals surface area contributed by atoms with Crippen molar-refractivity contribution < 1.29 is 22.8 Å². The van der Waals surface area contributed by atoms with E-state index in [0.717, 1.165) is 31.3 Å². The molecule has 0 aliphatic carbocycles. The second kappa shape index (κ2) is 8.71. The van der Waals surface area contributed by atoms with Crippen LogP contribution in [0.25, 0.3) is 5.65 Å². The molecule has 0 saturated carbocycles. The highest BCUT2D eigenvalue weighted by atomic mass is 35.5. The first-order valence-electron chi connectivity index (χ1n) is 11.1. The smallest absolute Gasteiger partial charge is 0.355 e. The second-order valence-corrected chi connectivity index (χ2v) is 9.16. The Hall–Kier alpha value is -3.34. The molecular formula is C23H22ClF3N6O2. The third-order valence-corrected chi connectivity index (χ3v) is 6.69. The van der Waals surface area contributed by atoms with Crippen molar-refractivity contribution in [2.75, 3.05) is 25.0 Å². The van der Waals surface area contributed by atoms with Crippen LogP contribution in [-0.2, 0) is 16.0 Å². The minimum Gasteiger partial charge on any atom is -0.355 e. The fraction of sp³-hybridized carbons (Fsp3) is 0.391. The first kappa shape index (κ1) is 23.4. The number of hydrogen-bond donors (Lipinski definition) is 1. The van der Waals surface area contributed by atoms with E-state index in [4.69, 9.17) is 11.6 Å². The number of carbonyl (C=O) groups is 2. The van der Waals surface area contributed by atoms with Crippen LogP contribution in [0.4, 0.5) is 24.5 Å². The minimum atomic E-state index is -4.69.